The van der Waals surface area contributed by atoms with Crippen molar-refractivity contribution in [2.75, 3.05) is 14.2 Å². The molecule has 0 saturated heterocycles. The van der Waals surface area contributed by atoms with Crippen LogP contribution < -0.4 is 15.2 Å². The van der Waals surface area contributed by atoms with Crippen molar-refractivity contribution >= 4 is 0 Å². The van der Waals surface area contributed by atoms with Crippen LogP contribution in [-0.4, -0.2) is 20.3 Å². The molecular weight excluding hydrogens is 238 g/mol. The Labute approximate surface area is 117 Å². The average Bonchev–Trinajstić information content (AvgIpc) is 2.39. The number of hydrogen-bond donors (Lipinski definition) is 1. The number of ether oxygens (including phenoxy) is 2. The number of benzene rings is 1. The van der Waals surface area contributed by atoms with Crippen LogP contribution in [0.1, 0.15) is 44.2 Å². The van der Waals surface area contributed by atoms with Crippen LogP contribution in [0.15, 0.2) is 12.1 Å². The molecule has 0 aliphatic heterocycles. The van der Waals surface area contributed by atoms with Gasteiger partial charge in [-0.3, -0.25) is 0 Å². The van der Waals surface area contributed by atoms with Crippen LogP contribution in [0.25, 0.3) is 0 Å². The lowest BCUT2D eigenvalue weighted by Gasteiger charge is -2.17. The Kier molecular flexibility index (Phi) is 6.71. The fourth-order valence-corrected chi connectivity index (χ4v) is 2.36. The normalized spacial score (nSPS) is 12.3. The van der Waals surface area contributed by atoms with Crippen molar-refractivity contribution in [2.45, 2.75) is 52.0 Å². The van der Waals surface area contributed by atoms with Gasteiger partial charge < -0.3 is 15.2 Å². The van der Waals surface area contributed by atoms with Crippen LogP contribution in [0.3, 0.4) is 0 Å². The molecule has 0 spiro atoms. The van der Waals surface area contributed by atoms with Crippen molar-refractivity contribution in [3.05, 3.63) is 23.3 Å². The molecule has 1 aromatic carbocycles. The summed E-state index contributed by atoms with van der Waals surface area (Å²) in [6, 6.07) is 4.38. The molecule has 0 aliphatic carbocycles. The van der Waals surface area contributed by atoms with Crippen molar-refractivity contribution in [2.24, 2.45) is 5.73 Å². The largest absolute Gasteiger partial charge is 0.493 e. The van der Waals surface area contributed by atoms with Crippen LogP contribution in [0.5, 0.6) is 11.5 Å². The topological polar surface area (TPSA) is 44.5 Å². The van der Waals surface area contributed by atoms with E-state index in [9.17, 15) is 0 Å². The molecule has 19 heavy (non-hydrogen) atoms. The fraction of sp³-hybridized carbons (Fsp3) is 0.625. The van der Waals surface area contributed by atoms with Gasteiger partial charge in [0.2, 0.25) is 0 Å². The first-order chi connectivity index (χ1) is 9.13. The summed E-state index contributed by atoms with van der Waals surface area (Å²) in [6.07, 6.45) is 5.48. The Morgan fingerprint density at radius 2 is 1.63 bits per heavy atom. The van der Waals surface area contributed by atoms with Crippen LogP contribution in [0.2, 0.25) is 0 Å². The molecule has 0 saturated carbocycles. The molecule has 1 aromatic rings. The van der Waals surface area contributed by atoms with Crippen molar-refractivity contribution in [3.63, 3.8) is 0 Å². The van der Waals surface area contributed by atoms with Gasteiger partial charge in [0.25, 0.3) is 0 Å². The maximum Gasteiger partial charge on any atom is 0.164 e. The molecule has 1 atom stereocenters. The lowest BCUT2D eigenvalue weighted by atomic mass is 9.99. The number of hydrogen-bond acceptors (Lipinski definition) is 3. The Hall–Kier alpha value is -1.22. The highest BCUT2D eigenvalue weighted by Crippen LogP contribution is 2.36. The molecule has 0 aliphatic rings. The van der Waals surface area contributed by atoms with Gasteiger partial charge in [0.1, 0.15) is 0 Å². The highest BCUT2D eigenvalue weighted by atomic mass is 16.5. The van der Waals surface area contributed by atoms with Crippen molar-refractivity contribution in [3.8, 4) is 11.5 Å². The van der Waals surface area contributed by atoms with Gasteiger partial charge in [0.05, 0.1) is 14.2 Å². The van der Waals surface area contributed by atoms with E-state index < -0.39 is 0 Å². The zero-order valence-corrected chi connectivity index (χ0v) is 12.7. The molecule has 1 unspecified atom stereocenters. The zero-order chi connectivity index (χ0) is 14.3. The molecule has 0 fully saturated rings. The van der Waals surface area contributed by atoms with E-state index in [1.54, 1.807) is 14.2 Å². The minimum Gasteiger partial charge on any atom is -0.493 e. The molecule has 108 valence electrons. The lowest BCUT2D eigenvalue weighted by Crippen LogP contribution is -2.18. The molecule has 1 rings (SSSR count). The lowest BCUT2D eigenvalue weighted by molar-refractivity contribution is 0.347. The third-order valence-corrected chi connectivity index (χ3v) is 3.28. The van der Waals surface area contributed by atoms with Gasteiger partial charge in [0.15, 0.2) is 11.5 Å². The smallest absolute Gasteiger partial charge is 0.164 e. The minimum atomic E-state index is 0.115. The summed E-state index contributed by atoms with van der Waals surface area (Å²) < 4.78 is 11.1. The molecular formula is C16H27NO2. The van der Waals surface area contributed by atoms with Crippen LogP contribution in [0, 0.1) is 0 Å². The maximum absolute atomic E-state index is 5.88. The van der Waals surface area contributed by atoms with Crippen LogP contribution in [-0.2, 0) is 12.8 Å². The molecule has 0 radical (unpaired) electrons. The summed E-state index contributed by atoms with van der Waals surface area (Å²) in [5, 5.41) is 0. The SMILES string of the molecule is CCCCCc1ccc(CC(C)N)c(OC)c1OC. The van der Waals surface area contributed by atoms with Crippen molar-refractivity contribution in [1.82, 2.24) is 0 Å². The predicted octanol–water partition coefficient (Wildman–Crippen LogP) is 3.33. The van der Waals surface area contributed by atoms with E-state index in [1.165, 1.54) is 24.8 Å². The molecule has 0 amide bonds. The third-order valence-electron chi connectivity index (χ3n) is 3.28. The highest BCUT2D eigenvalue weighted by molar-refractivity contribution is 5.52. The van der Waals surface area contributed by atoms with E-state index in [1.807, 2.05) is 6.92 Å². The Balaban J connectivity index is 3.00. The van der Waals surface area contributed by atoms with E-state index in [4.69, 9.17) is 15.2 Å². The summed E-state index contributed by atoms with van der Waals surface area (Å²) in [7, 11) is 3.40. The molecule has 3 nitrogen and oxygen atoms in total. The van der Waals surface area contributed by atoms with E-state index in [2.05, 4.69) is 19.1 Å². The Bertz CT molecular complexity index is 389. The fourth-order valence-electron chi connectivity index (χ4n) is 2.36. The Morgan fingerprint density at radius 3 is 2.16 bits per heavy atom. The third kappa shape index (κ3) is 4.43. The number of methoxy groups -OCH3 is 2. The summed E-state index contributed by atoms with van der Waals surface area (Å²) in [6.45, 7) is 4.21. The van der Waals surface area contributed by atoms with Crippen LogP contribution >= 0.6 is 0 Å². The minimum absolute atomic E-state index is 0.115. The first-order valence-electron chi connectivity index (χ1n) is 7.12. The van der Waals surface area contributed by atoms with E-state index in [0.717, 1.165) is 29.9 Å². The second-order valence-electron chi connectivity index (χ2n) is 5.09. The highest BCUT2D eigenvalue weighted by Gasteiger charge is 2.15. The summed E-state index contributed by atoms with van der Waals surface area (Å²) in [5.74, 6) is 1.71. The summed E-state index contributed by atoms with van der Waals surface area (Å²) in [4.78, 5) is 0. The quantitative estimate of drug-likeness (QED) is 0.733. The zero-order valence-electron chi connectivity index (χ0n) is 12.7. The van der Waals surface area contributed by atoms with Gasteiger partial charge in [-0.2, -0.15) is 0 Å². The standard InChI is InChI=1S/C16H27NO2/c1-5-6-7-8-13-9-10-14(11-12(2)17)16(19-4)15(13)18-3/h9-10,12H,5-8,11,17H2,1-4H3. The van der Waals surface area contributed by atoms with Gasteiger partial charge in [-0.1, -0.05) is 31.9 Å². The van der Waals surface area contributed by atoms with Gasteiger partial charge in [0, 0.05) is 6.04 Å². The second kappa shape index (κ2) is 8.05. The van der Waals surface area contributed by atoms with Crippen molar-refractivity contribution < 1.29 is 9.47 Å². The molecule has 3 heteroatoms. The van der Waals surface area contributed by atoms with Gasteiger partial charge in [-0.05, 0) is 37.3 Å². The van der Waals surface area contributed by atoms with Gasteiger partial charge in [-0.25, -0.2) is 0 Å². The van der Waals surface area contributed by atoms with E-state index >= 15 is 0 Å². The number of rotatable bonds is 8. The summed E-state index contributed by atoms with van der Waals surface area (Å²) in [5.41, 5.74) is 8.22. The monoisotopic (exact) mass is 265 g/mol. The van der Waals surface area contributed by atoms with Gasteiger partial charge in [-0.15, -0.1) is 0 Å². The van der Waals surface area contributed by atoms with E-state index in [-0.39, 0.29) is 6.04 Å². The Morgan fingerprint density at radius 1 is 1.05 bits per heavy atom. The molecule has 0 bridgehead atoms. The van der Waals surface area contributed by atoms with Crippen LogP contribution in [0.4, 0.5) is 0 Å². The number of aryl methyl sites for hydroxylation is 1. The van der Waals surface area contributed by atoms with Gasteiger partial charge >= 0.3 is 0 Å². The average molecular weight is 265 g/mol. The first kappa shape index (κ1) is 15.8. The van der Waals surface area contributed by atoms with E-state index in [0.29, 0.717) is 0 Å². The molecule has 0 aromatic heterocycles. The molecule has 0 heterocycles. The predicted molar refractivity (Wildman–Crippen MR) is 80.1 cm³/mol. The second-order valence-corrected chi connectivity index (χ2v) is 5.09. The molecule has 2 N–H and O–H groups in total. The number of unbranched alkanes of at least 4 members (excludes halogenated alkanes) is 2. The maximum atomic E-state index is 5.88. The number of nitrogens with two attached hydrogens (primary N) is 1. The first-order valence-corrected chi connectivity index (χ1v) is 7.12. The summed E-state index contributed by atoms with van der Waals surface area (Å²) >= 11 is 0. The van der Waals surface area contributed by atoms with Crippen molar-refractivity contribution in [1.29, 1.82) is 0 Å².